The number of methoxy groups -OCH3 is 2. The van der Waals surface area contributed by atoms with E-state index in [0.29, 0.717) is 54.7 Å². The molecule has 0 saturated carbocycles. The third-order valence-electron chi connectivity index (χ3n) is 5.75. The molecule has 1 fully saturated rings. The Bertz CT molecular complexity index is 1420. The van der Waals surface area contributed by atoms with Crippen LogP contribution in [0.3, 0.4) is 0 Å². The van der Waals surface area contributed by atoms with Crippen molar-refractivity contribution in [2.75, 3.05) is 45.3 Å². The van der Waals surface area contributed by atoms with Gasteiger partial charge in [-0.05, 0) is 24.3 Å². The van der Waals surface area contributed by atoms with E-state index in [1.165, 1.54) is 37.0 Å². The van der Waals surface area contributed by atoms with Crippen LogP contribution in [0.1, 0.15) is 0 Å². The van der Waals surface area contributed by atoms with Crippen molar-refractivity contribution in [2.24, 2.45) is 0 Å². The highest BCUT2D eigenvalue weighted by atomic mass is 32.2. The number of hydrogen-bond donors (Lipinski definition) is 0. The zero-order chi connectivity index (χ0) is 23.7. The van der Waals surface area contributed by atoms with Crippen LogP contribution in [0.5, 0.6) is 11.5 Å². The van der Waals surface area contributed by atoms with E-state index in [1.807, 2.05) is 35.2 Å². The Kier molecular flexibility index (Phi) is 5.75. The van der Waals surface area contributed by atoms with Gasteiger partial charge in [-0.3, -0.25) is 0 Å². The molecular weight excluding hydrogens is 458 g/mol. The molecule has 11 nitrogen and oxygen atoms in total. The van der Waals surface area contributed by atoms with Gasteiger partial charge in [-0.2, -0.15) is 8.99 Å². The van der Waals surface area contributed by atoms with E-state index >= 15 is 0 Å². The Labute approximate surface area is 196 Å². The van der Waals surface area contributed by atoms with Gasteiger partial charge in [0.15, 0.2) is 28.5 Å². The van der Waals surface area contributed by atoms with Crippen LogP contribution in [0.2, 0.25) is 0 Å². The van der Waals surface area contributed by atoms with Gasteiger partial charge in [0, 0.05) is 32.2 Å². The van der Waals surface area contributed by atoms with Crippen LogP contribution in [0.4, 0.5) is 5.82 Å². The molecule has 0 aliphatic carbocycles. The van der Waals surface area contributed by atoms with Crippen molar-refractivity contribution in [2.45, 2.75) is 4.90 Å². The molecule has 2 aromatic heterocycles. The van der Waals surface area contributed by atoms with E-state index in [1.54, 1.807) is 10.7 Å². The van der Waals surface area contributed by atoms with Crippen LogP contribution in [0.15, 0.2) is 59.8 Å². The average molecular weight is 482 g/mol. The van der Waals surface area contributed by atoms with Gasteiger partial charge in [-0.25, -0.2) is 18.4 Å². The maximum absolute atomic E-state index is 13.2. The number of nitrogens with zero attached hydrogens (tertiary/aromatic N) is 7. The van der Waals surface area contributed by atoms with Gasteiger partial charge in [0.05, 0.1) is 24.8 Å². The molecule has 1 saturated heterocycles. The zero-order valence-corrected chi connectivity index (χ0v) is 19.5. The maximum Gasteiger partial charge on any atom is 0.243 e. The normalized spacial score (nSPS) is 14.9. The molecule has 1 aliphatic rings. The summed E-state index contributed by atoms with van der Waals surface area (Å²) in [5.41, 5.74) is 2.01. The number of sulfonamides is 1. The summed E-state index contributed by atoms with van der Waals surface area (Å²) in [6.07, 6.45) is 1.48. The van der Waals surface area contributed by atoms with Crippen LogP contribution in [-0.4, -0.2) is 78.1 Å². The minimum absolute atomic E-state index is 0.161. The Hall–Kier alpha value is -3.77. The molecule has 34 heavy (non-hydrogen) atoms. The summed E-state index contributed by atoms with van der Waals surface area (Å²) in [6, 6.07) is 14.2. The van der Waals surface area contributed by atoms with E-state index < -0.39 is 10.0 Å². The number of rotatable bonds is 6. The fourth-order valence-corrected chi connectivity index (χ4v) is 5.42. The summed E-state index contributed by atoms with van der Waals surface area (Å²) in [5, 5.41) is 8.56. The molecule has 0 N–H and O–H groups in total. The number of para-hydroxylation sites is 1. The van der Waals surface area contributed by atoms with Crippen LogP contribution in [-0.2, 0) is 10.0 Å². The lowest BCUT2D eigenvalue weighted by Crippen LogP contribution is -2.49. The SMILES string of the molecule is COc1ccc(S(=O)(=O)N2CCN(c3ncnc4c3nnn4-c3ccccc3)CC2)cc1OC. The Morgan fingerprint density at radius 2 is 1.62 bits per heavy atom. The smallest absolute Gasteiger partial charge is 0.243 e. The van der Waals surface area contributed by atoms with E-state index in [0.717, 1.165) is 5.69 Å². The van der Waals surface area contributed by atoms with Gasteiger partial charge in [0.2, 0.25) is 10.0 Å². The van der Waals surface area contributed by atoms with E-state index in [-0.39, 0.29) is 4.90 Å². The first-order chi connectivity index (χ1) is 16.5. The first-order valence-corrected chi connectivity index (χ1v) is 12.1. The van der Waals surface area contributed by atoms with E-state index in [9.17, 15) is 8.42 Å². The lowest BCUT2D eigenvalue weighted by molar-refractivity contribution is 0.353. The standard InChI is InChI=1S/C22H23N7O4S/c1-32-18-9-8-17(14-19(18)33-2)34(30,31)28-12-10-27(11-13-28)21-20-22(24-15-23-21)29(26-25-20)16-6-4-3-5-7-16/h3-9,14-15H,10-13H2,1-2H3. The van der Waals surface area contributed by atoms with Gasteiger partial charge in [-0.15, -0.1) is 5.10 Å². The number of hydrogen-bond acceptors (Lipinski definition) is 9. The highest BCUT2D eigenvalue weighted by Gasteiger charge is 2.31. The molecule has 4 aromatic rings. The fraction of sp³-hybridized carbons (Fsp3) is 0.273. The Balaban J connectivity index is 1.37. The maximum atomic E-state index is 13.2. The molecule has 0 spiro atoms. The second-order valence-electron chi connectivity index (χ2n) is 7.61. The molecule has 1 aliphatic heterocycles. The van der Waals surface area contributed by atoms with Gasteiger partial charge in [0.25, 0.3) is 0 Å². The fourth-order valence-electron chi connectivity index (χ4n) is 3.98. The van der Waals surface area contributed by atoms with Gasteiger partial charge in [0.1, 0.15) is 6.33 Å². The third-order valence-corrected chi connectivity index (χ3v) is 7.64. The van der Waals surface area contributed by atoms with E-state index in [4.69, 9.17) is 9.47 Å². The van der Waals surface area contributed by atoms with Crippen molar-refractivity contribution in [3.05, 3.63) is 54.9 Å². The Morgan fingerprint density at radius 1 is 0.882 bits per heavy atom. The molecule has 0 unspecified atom stereocenters. The average Bonchev–Trinajstić information content (AvgIpc) is 3.33. The minimum Gasteiger partial charge on any atom is -0.493 e. The summed E-state index contributed by atoms with van der Waals surface area (Å²) in [6.45, 7) is 1.51. The molecular formula is C22H23N7O4S. The zero-order valence-electron chi connectivity index (χ0n) is 18.7. The number of piperazine rings is 1. The Morgan fingerprint density at radius 3 is 2.32 bits per heavy atom. The lowest BCUT2D eigenvalue weighted by atomic mass is 10.3. The number of benzene rings is 2. The van der Waals surface area contributed by atoms with Gasteiger partial charge < -0.3 is 14.4 Å². The van der Waals surface area contributed by atoms with Crippen molar-refractivity contribution in [1.29, 1.82) is 0 Å². The van der Waals surface area contributed by atoms with Gasteiger partial charge >= 0.3 is 0 Å². The predicted octanol–water partition coefficient (Wildman–Crippen LogP) is 1.74. The first kappa shape index (κ1) is 22.0. The molecule has 0 atom stereocenters. The minimum atomic E-state index is -3.69. The summed E-state index contributed by atoms with van der Waals surface area (Å²) < 4.78 is 40.1. The first-order valence-electron chi connectivity index (χ1n) is 10.6. The van der Waals surface area contributed by atoms with Crippen molar-refractivity contribution in [3.8, 4) is 17.2 Å². The largest absolute Gasteiger partial charge is 0.493 e. The number of anilines is 1. The van der Waals surface area contributed by atoms with Crippen LogP contribution in [0.25, 0.3) is 16.9 Å². The van der Waals surface area contributed by atoms with Crippen molar-refractivity contribution < 1.29 is 17.9 Å². The van der Waals surface area contributed by atoms with Crippen LogP contribution >= 0.6 is 0 Å². The van der Waals surface area contributed by atoms with Crippen molar-refractivity contribution in [1.82, 2.24) is 29.3 Å². The lowest BCUT2D eigenvalue weighted by Gasteiger charge is -2.34. The third kappa shape index (κ3) is 3.80. The highest BCUT2D eigenvalue weighted by Crippen LogP contribution is 2.31. The molecule has 12 heteroatoms. The predicted molar refractivity (Wildman–Crippen MR) is 125 cm³/mol. The summed E-state index contributed by atoms with van der Waals surface area (Å²) in [5.74, 6) is 1.48. The number of fused-ring (bicyclic) bond motifs is 1. The molecule has 3 heterocycles. The van der Waals surface area contributed by atoms with Crippen molar-refractivity contribution >= 4 is 27.0 Å². The number of ether oxygens (including phenoxy) is 2. The van der Waals surface area contributed by atoms with Crippen molar-refractivity contribution in [3.63, 3.8) is 0 Å². The van der Waals surface area contributed by atoms with Crippen LogP contribution in [0, 0.1) is 0 Å². The molecule has 2 aromatic carbocycles. The summed E-state index contributed by atoms with van der Waals surface area (Å²) >= 11 is 0. The highest BCUT2D eigenvalue weighted by molar-refractivity contribution is 7.89. The topological polar surface area (TPSA) is 116 Å². The monoisotopic (exact) mass is 481 g/mol. The quantitative estimate of drug-likeness (QED) is 0.406. The molecule has 0 radical (unpaired) electrons. The molecule has 0 amide bonds. The van der Waals surface area contributed by atoms with Crippen LogP contribution < -0.4 is 14.4 Å². The second-order valence-corrected chi connectivity index (χ2v) is 9.55. The van der Waals surface area contributed by atoms with E-state index in [2.05, 4.69) is 20.3 Å². The molecule has 5 rings (SSSR count). The number of aromatic nitrogens is 5. The van der Waals surface area contributed by atoms with Gasteiger partial charge in [-0.1, -0.05) is 23.4 Å². The summed E-state index contributed by atoms with van der Waals surface area (Å²) in [4.78, 5) is 11.0. The second kappa shape index (κ2) is 8.88. The molecule has 0 bridgehead atoms. The molecule has 176 valence electrons. The summed E-state index contributed by atoms with van der Waals surface area (Å²) in [7, 11) is -0.710.